The fourth-order valence-corrected chi connectivity index (χ4v) is 1.73. The maximum Gasteiger partial charge on any atom is 0.260 e. The molecule has 96 valence electrons. The van der Waals surface area contributed by atoms with Crippen LogP contribution < -0.4 is 5.32 Å². The number of nitrogens with zero attached hydrogens (tertiary/aromatic N) is 2. The SMILES string of the molecule is Cc1occc1C(=O)Nc1ccnn1CC(C)C. The van der Waals surface area contributed by atoms with Gasteiger partial charge in [-0.3, -0.25) is 4.79 Å². The predicted octanol–water partition coefficient (Wildman–Crippen LogP) is 2.69. The van der Waals surface area contributed by atoms with Gasteiger partial charge in [-0.1, -0.05) is 13.8 Å². The van der Waals surface area contributed by atoms with E-state index in [1.807, 2.05) is 0 Å². The summed E-state index contributed by atoms with van der Waals surface area (Å²) in [5.74, 6) is 1.61. The van der Waals surface area contributed by atoms with Gasteiger partial charge in [-0.05, 0) is 18.9 Å². The van der Waals surface area contributed by atoms with Gasteiger partial charge in [-0.2, -0.15) is 5.10 Å². The third-order valence-electron chi connectivity index (χ3n) is 2.60. The Kier molecular flexibility index (Phi) is 3.50. The van der Waals surface area contributed by atoms with Crippen molar-refractivity contribution in [3.05, 3.63) is 35.9 Å². The zero-order valence-electron chi connectivity index (χ0n) is 10.8. The fourth-order valence-electron chi connectivity index (χ4n) is 1.73. The van der Waals surface area contributed by atoms with Crippen molar-refractivity contribution >= 4 is 11.7 Å². The molecule has 0 saturated heterocycles. The van der Waals surface area contributed by atoms with Crippen LogP contribution in [-0.4, -0.2) is 15.7 Å². The lowest BCUT2D eigenvalue weighted by atomic mass is 10.2. The zero-order chi connectivity index (χ0) is 13.1. The average Bonchev–Trinajstić information content (AvgIpc) is 2.88. The van der Waals surface area contributed by atoms with Gasteiger partial charge in [0.1, 0.15) is 11.6 Å². The Balaban J connectivity index is 2.13. The van der Waals surface area contributed by atoms with Crippen LogP contribution in [0.5, 0.6) is 0 Å². The minimum Gasteiger partial charge on any atom is -0.469 e. The molecule has 2 rings (SSSR count). The van der Waals surface area contributed by atoms with Gasteiger partial charge in [-0.25, -0.2) is 4.68 Å². The number of nitrogens with one attached hydrogen (secondary N) is 1. The highest BCUT2D eigenvalue weighted by Crippen LogP contribution is 2.14. The van der Waals surface area contributed by atoms with E-state index in [0.29, 0.717) is 23.1 Å². The first-order chi connectivity index (χ1) is 8.58. The molecule has 0 bridgehead atoms. The number of furan rings is 1. The second-order valence-corrected chi connectivity index (χ2v) is 4.64. The molecule has 18 heavy (non-hydrogen) atoms. The van der Waals surface area contributed by atoms with E-state index >= 15 is 0 Å². The Hall–Kier alpha value is -2.04. The number of carbonyl (C=O) groups excluding carboxylic acids is 1. The van der Waals surface area contributed by atoms with E-state index in [1.54, 1.807) is 29.9 Å². The molecule has 5 nitrogen and oxygen atoms in total. The van der Waals surface area contributed by atoms with Crippen LogP contribution >= 0.6 is 0 Å². The molecule has 1 N–H and O–H groups in total. The van der Waals surface area contributed by atoms with Crippen molar-refractivity contribution in [1.82, 2.24) is 9.78 Å². The van der Waals surface area contributed by atoms with Gasteiger partial charge in [0.25, 0.3) is 5.91 Å². The number of amides is 1. The maximum atomic E-state index is 12.0. The third kappa shape index (κ3) is 2.61. The van der Waals surface area contributed by atoms with E-state index in [2.05, 4.69) is 24.3 Å². The Morgan fingerprint density at radius 2 is 2.28 bits per heavy atom. The summed E-state index contributed by atoms with van der Waals surface area (Å²) in [5.41, 5.74) is 0.548. The van der Waals surface area contributed by atoms with Crippen molar-refractivity contribution < 1.29 is 9.21 Å². The highest BCUT2D eigenvalue weighted by Gasteiger charge is 2.13. The molecule has 0 aliphatic rings. The fraction of sp³-hybridized carbons (Fsp3) is 0.385. The van der Waals surface area contributed by atoms with Crippen LogP contribution in [-0.2, 0) is 6.54 Å². The molecule has 0 unspecified atom stereocenters. The number of aromatic nitrogens is 2. The van der Waals surface area contributed by atoms with Crippen LogP contribution in [0, 0.1) is 12.8 Å². The Labute approximate surface area is 106 Å². The molecule has 0 saturated carbocycles. The summed E-state index contributed by atoms with van der Waals surface area (Å²) >= 11 is 0. The van der Waals surface area contributed by atoms with E-state index in [4.69, 9.17) is 4.42 Å². The number of hydrogen-bond donors (Lipinski definition) is 1. The molecular weight excluding hydrogens is 230 g/mol. The molecule has 0 radical (unpaired) electrons. The van der Waals surface area contributed by atoms with E-state index in [0.717, 1.165) is 6.54 Å². The lowest BCUT2D eigenvalue weighted by Gasteiger charge is -2.10. The number of anilines is 1. The van der Waals surface area contributed by atoms with Gasteiger partial charge in [0.15, 0.2) is 0 Å². The Morgan fingerprint density at radius 3 is 2.89 bits per heavy atom. The highest BCUT2D eigenvalue weighted by molar-refractivity contribution is 6.04. The Bertz CT molecular complexity index is 540. The largest absolute Gasteiger partial charge is 0.469 e. The standard InChI is InChI=1S/C13H17N3O2/c1-9(2)8-16-12(4-6-14-16)15-13(17)11-5-7-18-10(11)3/h4-7,9H,8H2,1-3H3,(H,15,17). The van der Waals surface area contributed by atoms with Crippen molar-refractivity contribution in [2.75, 3.05) is 5.32 Å². The summed E-state index contributed by atoms with van der Waals surface area (Å²) in [4.78, 5) is 12.0. The summed E-state index contributed by atoms with van der Waals surface area (Å²) in [6.45, 7) is 6.74. The third-order valence-corrected chi connectivity index (χ3v) is 2.60. The molecule has 0 spiro atoms. The van der Waals surface area contributed by atoms with Crippen molar-refractivity contribution in [3.8, 4) is 0 Å². The van der Waals surface area contributed by atoms with E-state index in [-0.39, 0.29) is 5.91 Å². The summed E-state index contributed by atoms with van der Waals surface area (Å²) in [6.07, 6.45) is 3.19. The van der Waals surface area contributed by atoms with Crippen LogP contribution in [0.1, 0.15) is 30.0 Å². The van der Waals surface area contributed by atoms with Gasteiger partial charge in [0.05, 0.1) is 18.0 Å². The first kappa shape index (κ1) is 12.4. The molecule has 5 heteroatoms. The topological polar surface area (TPSA) is 60.1 Å². The molecule has 0 aromatic carbocycles. The molecular formula is C13H17N3O2. The van der Waals surface area contributed by atoms with Gasteiger partial charge < -0.3 is 9.73 Å². The summed E-state index contributed by atoms with van der Waals surface area (Å²) in [6, 6.07) is 3.45. The molecule has 2 heterocycles. The lowest BCUT2D eigenvalue weighted by molar-refractivity contribution is 0.102. The minimum absolute atomic E-state index is 0.174. The van der Waals surface area contributed by atoms with Crippen molar-refractivity contribution in [1.29, 1.82) is 0 Å². The van der Waals surface area contributed by atoms with Crippen LogP contribution in [0.2, 0.25) is 0 Å². The highest BCUT2D eigenvalue weighted by atomic mass is 16.3. The number of hydrogen-bond acceptors (Lipinski definition) is 3. The normalized spacial score (nSPS) is 10.9. The van der Waals surface area contributed by atoms with E-state index in [1.165, 1.54) is 6.26 Å². The molecule has 0 aliphatic carbocycles. The molecule has 1 amide bonds. The summed E-state index contributed by atoms with van der Waals surface area (Å²) in [5, 5.41) is 7.03. The molecule has 0 fully saturated rings. The minimum atomic E-state index is -0.174. The van der Waals surface area contributed by atoms with Crippen molar-refractivity contribution in [3.63, 3.8) is 0 Å². The van der Waals surface area contributed by atoms with Gasteiger partial charge >= 0.3 is 0 Å². The summed E-state index contributed by atoms with van der Waals surface area (Å²) in [7, 11) is 0. The van der Waals surface area contributed by atoms with E-state index in [9.17, 15) is 4.79 Å². The smallest absolute Gasteiger partial charge is 0.260 e. The number of rotatable bonds is 4. The van der Waals surface area contributed by atoms with Crippen LogP contribution in [0.15, 0.2) is 29.0 Å². The first-order valence-electron chi connectivity index (χ1n) is 5.95. The first-order valence-corrected chi connectivity index (χ1v) is 5.95. The molecule has 0 atom stereocenters. The second-order valence-electron chi connectivity index (χ2n) is 4.64. The summed E-state index contributed by atoms with van der Waals surface area (Å²) < 4.78 is 6.91. The lowest BCUT2D eigenvalue weighted by Crippen LogP contribution is -2.17. The van der Waals surface area contributed by atoms with Gasteiger partial charge in [-0.15, -0.1) is 0 Å². The average molecular weight is 247 g/mol. The van der Waals surface area contributed by atoms with E-state index < -0.39 is 0 Å². The zero-order valence-corrected chi connectivity index (χ0v) is 10.8. The van der Waals surface area contributed by atoms with Gasteiger partial charge in [0.2, 0.25) is 0 Å². The molecule has 2 aromatic rings. The second kappa shape index (κ2) is 5.08. The van der Waals surface area contributed by atoms with Crippen LogP contribution in [0.3, 0.4) is 0 Å². The van der Waals surface area contributed by atoms with Crippen molar-refractivity contribution in [2.24, 2.45) is 5.92 Å². The number of aryl methyl sites for hydroxylation is 1. The maximum absolute atomic E-state index is 12.0. The van der Waals surface area contributed by atoms with Crippen molar-refractivity contribution in [2.45, 2.75) is 27.3 Å². The molecule has 0 aliphatic heterocycles. The Morgan fingerprint density at radius 1 is 1.50 bits per heavy atom. The van der Waals surface area contributed by atoms with Crippen LogP contribution in [0.4, 0.5) is 5.82 Å². The van der Waals surface area contributed by atoms with Crippen LogP contribution in [0.25, 0.3) is 0 Å². The number of carbonyl (C=O) groups is 1. The van der Waals surface area contributed by atoms with Gasteiger partial charge in [0, 0.05) is 12.6 Å². The molecule has 2 aromatic heterocycles. The monoisotopic (exact) mass is 247 g/mol. The quantitative estimate of drug-likeness (QED) is 0.903. The predicted molar refractivity (Wildman–Crippen MR) is 68.5 cm³/mol.